The Hall–Kier alpha value is -6.86. The lowest BCUT2D eigenvalue weighted by Gasteiger charge is -2.21. The molecule has 14 nitrogen and oxygen atoms in total. The van der Waals surface area contributed by atoms with Gasteiger partial charge in [-0.2, -0.15) is 15.0 Å². The van der Waals surface area contributed by atoms with E-state index in [1.54, 1.807) is 80.1 Å². The molecule has 0 bridgehead atoms. The Morgan fingerprint density at radius 1 is 0.646 bits per heavy atom. The number of benzene rings is 4. The number of imidazole rings is 1. The van der Waals surface area contributed by atoms with E-state index >= 15 is 0 Å². The third kappa shape index (κ3) is 15.8. The Morgan fingerprint density at radius 2 is 1.11 bits per heavy atom. The van der Waals surface area contributed by atoms with Crippen LogP contribution in [-0.2, 0) is 46.6 Å². The maximum Gasteiger partial charge on any atom is 0.241 e. The summed E-state index contributed by atoms with van der Waals surface area (Å²) in [6.45, 7) is 27.8. The zero-order valence-corrected chi connectivity index (χ0v) is 51.8. The number of tetrazole rings is 1. The molecule has 0 spiro atoms. The van der Waals surface area contributed by atoms with Crippen molar-refractivity contribution in [2.75, 3.05) is 7.05 Å². The van der Waals surface area contributed by atoms with Crippen LogP contribution in [0.2, 0.25) is 20.1 Å². The van der Waals surface area contributed by atoms with Crippen molar-refractivity contribution in [3.8, 4) is 44.9 Å². The van der Waals surface area contributed by atoms with Crippen LogP contribution < -0.4 is 5.32 Å². The maximum atomic E-state index is 14.3. The molecule has 436 valence electrons. The summed E-state index contributed by atoms with van der Waals surface area (Å²) in [6.07, 6.45) is 10.1. The van der Waals surface area contributed by atoms with Gasteiger partial charge in [0.05, 0.1) is 57.7 Å². The van der Waals surface area contributed by atoms with E-state index in [1.807, 2.05) is 114 Å². The van der Waals surface area contributed by atoms with E-state index < -0.39 is 11.6 Å². The second-order valence-electron chi connectivity index (χ2n) is 23.6. The zero-order chi connectivity index (χ0) is 61.0. The molecule has 1 amide bonds. The van der Waals surface area contributed by atoms with Crippen molar-refractivity contribution < 1.29 is 26.8 Å². The molecule has 9 rings (SSSR count). The molecule has 0 saturated carbocycles. The van der Waals surface area contributed by atoms with Gasteiger partial charge in [0.1, 0.15) is 42.6 Å². The average molecular weight is 1210 g/mol. The quantitative estimate of drug-likeness (QED) is 0.141. The number of likely N-dealkylation sites (N-methyl/N-ethyl adjacent to an activating group) is 1. The third-order valence-corrected chi connectivity index (χ3v) is 14.1. The van der Waals surface area contributed by atoms with Crippen LogP contribution in [0.4, 0.5) is 17.6 Å². The summed E-state index contributed by atoms with van der Waals surface area (Å²) in [5.74, 6) is -0.590. The molecule has 0 radical (unpaired) electrons. The normalized spacial score (nSPS) is 11.8. The number of nitrogens with zero attached hydrogens (tertiary/aromatic N) is 10. The smallest absolute Gasteiger partial charge is 0.241 e. The summed E-state index contributed by atoms with van der Waals surface area (Å²) in [5, 5.41) is 25.8. The van der Waals surface area contributed by atoms with E-state index in [1.165, 1.54) is 17.1 Å². The van der Waals surface area contributed by atoms with Crippen molar-refractivity contribution in [2.45, 2.75) is 132 Å². The molecular formula is C60H68Cl4F4N12O2. The minimum atomic E-state index is -0.392. The monoisotopic (exact) mass is 1200 g/mol. The van der Waals surface area contributed by atoms with Crippen LogP contribution in [0.1, 0.15) is 123 Å². The minimum Gasteiger partial charge on any atom is -0.447 e. The van der Waals surface area contributed by atoms with Gasteiger partial charge in [-0.05, 0) is 123 Å². The topological polar surface area (TPSA) is 163 Å². The first-order valence-electron chi connectivity index (χ1n) is 26.0. The van der Waals surface area contributed by atoms with Crippen LogP contribution in [0.3, 0.4) is 0 Å². The number of carbonyl (C=O) groups excluding carboxylic acids is 1. The number of aromatic nitrogens is 11. The molecule has 0 atom stereocenters. The number of halogens is 8. The van der Waals surface area contributed by atoms with Gasteiger partial charge in [0, 0.05) is 46.9 Å². The van der Waals surface area contributed by atoms with Crippen molar-refractivity contribution >= 4 is 52.3 Å². The second kappa shape index (κ2) is 25.7. The molecule has 82 heavy (non-hydrogen) atoms. The summed E-state index contributed by atoms with van der Waals surface area (Å²) in [5.41, 5.74) is 8.35. The molecule has 22 heteroatoms. The number of oxazole rings is 1. The maximum absolute atomic E-state index is 14.3. The van der Waals surface area contributed by atoms with Crippen LogP contribution in [0, 0.1) is 37.1 Å². The van der Waals surface area contributed by atoms with E-state index in [9.17, 15) is 22.4 Å². The predicted octanol–water partition coefficient (Wildman–Crippen LogP) is 15.8. The number of H-pyrrole nitrogens is 1. The highest BCUT2D eigenvalue weighted by Gasteiger charge is 2.27. The van der Waals surface area contributed by atoms with Gasteiger partial charge in [0.2, 0.25) is 17.6 Å². The van der Waals surface area contributed by atoms with Crippen LogP contribution in [0.25, 0.3) is 44.9 Å². The summed E-state index contributed by atoms with van der Waals surface area (Å²) < 4.78 is 65.3. The van der Waals surface area contributed by atoms with Gasteiger partial charge in [-0.25, -0.2) is 27.5 Å². The lowest BCUT2D eigenvalue weighted by molar-refractivity contribution is -0.121. The highest BCUT2D eigenvalue weighted by atomic mass is 35.5. The van der Waals surface area contributed by atoms with Gasteiger partial charge in [0.15, 0.2) is 0 Å². The first kappa shape index (κ1) is 64.3. The van der Waals surface area contributed by atoms with E-state index in [-0.39, 0.29) is 65.8 Å². The fraction of sp³-hybridized carbons (Fsp3) is 0.367. The van der Waals surface area contributed by atoms with Gasteiger partial charge in [-0.1, -0.05) is 129 Å². The van der Waals surface area contributed by atoms with E-state index in [0.717, 1.165) is 44.9 Å². The number of aromatic amines is 1. The van der Waals surface area contributed by atoms with Crippen molar-refractivity contribution in [1.29, 1.82) is 0 Å². The molecule has 0 aliphatic rings. The largest absolute Gasteiger partial charge is 0.447 e. The second-order valence-corrected chi connectivity index (χ2v) is 25.2. The first-order valence-corrected chi connectivity index (χ1v) is 27.5. The summed E-state index contributed by atoms with van der Waals surface area (Å²) in [6, 6.07) is 13.5. The SMILES string of the molecule is CC(C)(C)c1cc(-c2cn(Cc3ncco3)cn2)cc(Cl)c1F.CNC(=O)Cn1ncc(-c2cc(Cl)c(F)c(C(C)(C)C)c2)c1C.Cc1[nH]ncc1-c1cc(Cl)c(F)c(C(C)(C)C)c1.Cn1nnc(-c2cc(Cl)c(F)c(C(C)(C)C)c2)n1. The van der Waals surface area contributed by atoms with E-state index in [2.05, 4.69) is 46.0 Å². The average Bonchev–Trinajstić information content (AvgIpc) is 4.32. The Balaban J connectivity index is 0.000000177. The molecule has 0 unspecified atom stereocenters. The van der Waals surface area contributed by atoms with Gasteiger partial charge >= 0.3 is 0 Å². The molecule has 2 N–H and O–H groups in total. The Kier molecular flexibility index (Phi) is 20.2. The highest BCUT2D eigenvalue weighted by Crippen LogP contribution is 2.38. The summed E-state index contributed by atoms with van der Waals surface area (Å²) >= 11 is 24.0. The Morgan fingerprint density at radius 3 is 1.54 bits per heavy atom. The van der Waals surface area contributed by atoms with Crippen molar-refractivity contribution in [3.63, 3.8) is 0 Å². The third-order valence-electron chi connectivity index (χ3n) is 13.0. The molecule has 0 aliphatic carbocycles. The van der Waals surface area contributed by atoms with Gasteiger partial charge in [-0.15, -0.1) is 10.2 Å². The fourth-order valence-electron chi connectivity index (χ4n) is 8.36. The van der Waals surface area contributed by atoms with Crippen LogP contribution in [0.5, 0.6) is 0 Å². The lowest BCUT2D eigenvalue weighted by atomic mass is 9.85. The van der Waals surface area contributed by atoms with E-state index in [0.29, 0.717) is 46.1 Å². The number of nitrogens with one attached hydrogen (secondary N) is 2. The molecule has 4 aromatic carbocycles. The van der Waals surface area contributed by atoms with Crippen LogP contribution in [0.15, 0.2) is 90.3 Å². The number of amides is 1. The summed E-state index contributed by atoms with van der Waals surface area (Å²) in [7, 11) is 3.25. The number of aryl methyl sites for hydroxylation is 2. The van der Waals surface area contributed by atoms with Crippen molar-refractivity contribution in [2.24, 2.45) is 7.05 Å². The molecular weight excluding hydrogens is 1140 g/mol. The molecule has 0 fully saturated rings. The number of hydrogen-bond donors (Lipinski definition) is 2. The highest BCUT2D eigenvalue weighted by molar-refractivity contribution is 6.32. The fourth-order valence-corrected chi connectivity index (χ4v) is 9.23. The number of carbonyl (C=O) groups is 1. The Bertz CT molecular complexity index is 3690. The zero-order valence-electron chi connectivity index (χ0n) is 48.8. The molecule has 5 aromatic heterocycles. The minimum absolute atomic E-state index is 0.0740. The molecule has 0 saturated heterocycles. The standard InChI is InChI=1S/C17H17ClFN3O.C17H21ClFN3O.C14H16ClFN2.C12H14ClFN4/c1-17(2,3)12-6-11(7-13(18)16(12)19)14-8-22(10-21-14)9-15-20-4-5-23-15;1-10-12(8-21-22(10)9-15(23)20-5)11-6-13(17(2,3)4)16(19)14(18)7-11;1-8-10(7-17-18-8)9-5-11(14(2,3)4)13(16)12(15)6-9;1-12(2,3)8-5-7(6-9(13)10(8)14)11-15-17-18(4)16-11/h4-8,10H,9H2,1-3H3;6-8H,9H2,1-5H3,(H,20,23);5-7H,1-4H3,(H,17,18);5-6H,1-4H3. The van der Waals surface area contributed by atoms with E-state index in [4.69, 9.17) is 50.8 Å². The van der Waals surface area contributed by atoms with Crippen molar-refractivity contribution in [3.05, 3.63) is 169 Å². The number of rotatable bonds is 8. The summed E-state index contributed by atoms with van der Waals surface area (Å²) in [4.78, 5) is 21.3. The van der Waals surface area contributed by atoms with Crippen molar-refractivity contribution in [1.82, 2.24) is 60.0 Å². The van der Waals surface area contributed by atoms with Crippen LogP contribution in [-0.4, -0.2) is 67.7 Å². The first-order chi connectivity index (χ1) is 38.1. The molecule has 0 aliphatic heterocycles. The molecule has 9 aromatic rings. The number of hydrogen-bond acceptors (Lipinski definition) is 9. The predicted molar refractivity (Wildman–Crippen MR) is 317 cm³/mol. The van der Waals surface area contributed by atoms with Gasteiger partial charge in [-0.3, -0.25) is 14.6 Å². The van der Waals surface area contributed by atoms with Gasteiger partial charge in [0.25, 0.3) is 0 Å². The molecule has 5 heterocycles. The van der Waals surface area contributed by atoms with Gasteiger partial charge < -0.3 is 14.3 Å². The Labute approximate surface area is 496 Å². The van der Waals surface area contributed by atoms with Crippen LogP contribution >= 0.6 is 46.4 Å². The lowest BCUT2D eigenvalue weighted by Crippen LogP contribution is -2.24.